The van der Waals surface area contributed by atoms with Crippen molar-refractivity contribution in [3.05, 3.63) is 95.6 Å². The predicted octanol–water partition coefficient (Wildman–Crippen LogP) is 3.70. The molecule has 2 saturated heterocycles. The molecule has 0 radical (unpaired) electrons. The van der Waals surface area contributed by atoms with Crippen LogP contribution in [0.4, 0.5) is 11.4 Å². The molecule has 3 aliphatic heterocycles. The van der Waals surface area contributed by atoms with Crippen molar-refractivity contribution < 1.29 is 19.2 Å². The van der Waals surface area contributed by atoms with Gasteiger partial charge in [0.05, 0.1) is 18.4 Å². The van der Waals surface area contributed by atoms with Crippen LogP contribution in [0, 0.1) is 18.8 Å². The third-order valence-electron chi connectivity index (χ3n) is 8.41. The number of amides is 4. The standard InChI is InChI=1S/C32H32N4O4S/c1-20-12-14-22(15-13-20)33-26(37)19-35-25-11-7-6-10-23(25)32(31(35)40)28-27(24(34-32)16-17-41-2)29(38)36(30(28)39)18-21-8-4-3-5-9-21/h3-15,24,27-28,34H,16-19H2,1-2H3,(H,33,37)/t24-,27+,28-,32+/m0/s1. The first-order chi connectivity index (χ1) is 19.8. The molecule has 3 aliphatic rings. The van der Waals surface area contributed by atoms with Crippen LogP contribution in [0.15, 0.2) is 78.9 Å². The highest BCUT2D eigenvalue weighted by Crippen LogP contribution is 2.55. The van der Waals surface area contributed by atoms with Gasteiger partial charge in [0.1, 0.15) is 12.1 Å². The summed E-state index contributed by atoms with van der Waals surface area (Å²) >= 11 is 1.66. The Balaban J connectivity index is 1.36. The summed E-state index contributed by atoms with van der Waals surface area (Å²) in [7, 11) is 0. The quantitative estimate of drug-likeness (QED) is 0.402. The van der Waals surface area contributed by atoms with E-state index in [2.05, 4.69) is 10.6 Å². The number of likely N-dealkylation sites (tertiary alicyclic amines) is 1. The number of hydrogen-bond donors (Lipinski definition) is 2. The van der Waals surface area contributed by atoms with Gasteiger partial charge >= 0.3 is 0 Å². The van der Waals surface area contributed by atoms with E-state index in [1.54, 1.807) is 17.8 Å². The van der Waals surface area contributed by atoms with Gasteiger partial charge in [-0.05, 0) is 49.1 Å². The normalized spacial score (nSPS) is 24.7. The van der Waals surface area contributed by atoms with Crippen molar-refractivity contribution in [3.8, 4) is 0 Å². The molecule has 3 heterocycles. The average Bonchev–Trinajstić information content (AvgIpc) is 3.53. The first kappa shape index (κ1) is 27.2. The number of para-hydroxylation sites is 1. The van der Waals surface area contributed by atoms with Gasteiger partial charge < -0.3 is 10.2 Å². The van der Waals surface area contributed by atoms with Gasteiger partial charge in [-0.2, -0.15) is 11.8 Å². The van der Waals surface area contributed by atoms with E-state index < -0.39 is 17.4 Å². The number of hydrogen-bond acceptors (Lipinski definition) is 6. The van der Waals surface area contributed by atoms with Crippen molar-refractivity contribution in [2.24, 2.45) is 11.8 Å². The minimum absolute atomic E-state index is 0.162. The van der Waals surface area contributed by atoms with Crippen molar-refractivity contribution in [2.45, 2.75) is 31.5 Å². The van der Waals surface area contributed by atoms with Crippen LogP contribution in [0.25, 0.3) is 0 Å². The van der Waals surface area contributed by atoms with Gasteiger partial charge in [-0.3, -0.25) is 29.4 Å². The van der Waals surface area contributed by atoms with Crippen LogP contribution in [0.2, 0.25) is 0 Å². The van der Waals surface area contributed by atoms with Crippen LogP contribution in [-0.2, 0) is 31.3 Å². The largest absolute Gasteiger partial charge is 0.325 e. The number of thioether (sulfide) groups is 1. The maximum absolute atomic E-state index is 14.5. The molecule has 0 aliphatic carbocycles. The first-order valence-electron chi connectivity index (χ1n) is 13.8. The highest BCUT2D eigenvalue weighted by Gasteiger charge is 2.71. The summed E-state index contributed by atoms with van der Waals surface area (Å²) in [5.41, 5.74) is 2.35. The monoisotopic (exact) mass is 568 g/mol. The third kappa shape index (κ3) is 4.53. The van der Waals surface area contributed by atoms with E-state index in [1.807, 2.05) is 86.0 Å². The lowest BCUT2D eigenvalue weighted by Gasteiger charge is -2.30. The molecule has 2 N–H and O–H groups in total. The molecular formula is C32H32N4O4S. The molecule has 3 aromatic carbocycles. The summed E-state index contributed by atoms with van der Waals surface area (Å²) < 4.78 is 0. The Morgan fingerprint density at radius 1 is 0.927 bits per heavy atom. The van der Waals surface area contributed by atoms with Crippen LogP contribution < -0.4 is 15.5 Å². The molecule has 3 aromatic rings. The van der Waals surface area contributed by atoms with E-state index in [-0.39, 0.29) is 42.8 Å². The molecule has 9 heteroatoms. The summed E-state index contributed by atoms with van der Waals surface area (Å²) in [5, 5.41) is 6.38. The second kappa shape index (κ2) is 10.8. The number of nitrogens with zero attached hydrogens (tertiary/aromatic N) is 2. The van der Waals surface area contributed by atoms with Gasteiger partial charge in [-0.25, -0.2) is 0 Å². The van der Waals surface area contributed by atoms with Gasteiger partial charge in [0, 0.05) is 23.0 Å². The Morgan fingerprint density at radius 3 is 2.37 bits per heavy atom. The van der Waals surface area contributed by atoms with Crippen molar-refractivity contribution in [1.29, 1.82) is 0 Å². The molecule has 8 nitrogen and oxygen atoms in total. The van der Waals surface area contributed by atoms with Gasteiger partial charge in [-0.15, -0.1) is 0 Å². The molecule has 0 saturated carbocycles. The maximum atomic E-state index is 14.5. The molecule has 4 amide bonds. The van der Waals surface area contributed by atoms with E-state index in [9.17, 15) is 19.2 Å². The molecule has 0 aromatic heterocycles. The van der Waals surface area contributed by atoms with E-state index in [0.29, 0.717) is 23.4 Å². The molecule has 1 spiro atoms. The van der Waals surface area contributed by atoms with Crippen LogP contribution in [-0.4, -0.2) is 53.1 Å². The molecule has 210 valence electrons. The van der Waals surface area contributed by atoms with Crippen LogP contribution >= 0.6 is 11.8 Å². The zero-order valence-electron chi connectivity index (χ0n) is 23.0. The first-order valence-corrected chi connectivity index (χ1v) is 15.2. The van der Waals surface area contributed by atoms with E-state index in [0.717, 1.165) is 16.9 Å². The fourth-order valence-electron chi connectivity index (χ4n) is 6.56. The molecule has 6 rings (SSSR count). The zero-order valence-corrected chi connectivity index (χ0v) is 23.8. The van der Waals surface area contributed by atoms with E-state index in [4.69, 9.17) is 0 Å². The fourth-order valence-corrected chi connectivity index (χ4v) is 7.05. The number of fused-ring (bicyclic) bond motifs is 4. The van der Waals surface area contributed by atoms with E-state index >= 15 is 0 Å². The lowest BCUT2D eigenvalue weighted by atomic mass is 9.76. The van der Waals surface area contributed by atoms with Crippen molar-refractivity contribution in [3.63, 3.8) is 0 Å². The third-order valence-corrected chi connectivity index (χ3v) is 9.06. The topological polar surface area (TPSA) is 98.8 Å². The number of carbonyl (C=O) groups is 4. The Kier molecular flexibility index (Phi) is 7.17. The Hall–Kier alpha value is -3.95. The minimum atomic E-state index is -1.42. The van der Waals surface area contributed by atoms with Crippen LogP contribution in [0.3, 0.4) is 0 Å². The number of carbonyl (C=O) groups excluding carboxylic acids is 4. The second-order valence-electron chi connectivity index (χ2n) is 10.9. The number of nitrogens with one attached hydrogen (secondary N) is 2. The highest BCUT2D eigenvalue weighted by atomic mass is 32.2. The molecule has 4 atom stereocenters. The summed E-state index contributed by atoms with van der Waals surface area (Å²) in [6, 6.07) is 23.8. The average molecular weight is 569 g/mol. The molecule has 2 fully saturated rings. The van der Waals surface area contributed by atoms with Gasteiger partial charge in [0.25, 0.3) is 5.91 Å². The summed E-state index contributed by atoms with van der Waals surface area (Å²) in [6.45, 7) is 1.92. The number of aryl methyl sites for hydroxylation is 1. The van der Waals surface area contributed by atoms with Crippen molar-refractivity contribution in [2.75, 3.05) is 28.8 Å². The second-order valence-corrected chi connectivity index (χ2v) is 11.9. The lowest BCUT2D eigenvalue weighted by molar-refractivity contribution is -0.143. The Labute approximate surface area is 243 Å². The zero-order chi connectivity index (χ0) is 28.7. The van der Waals surface area contributed by atoms with Crippen LogP contribution in [0.5, 0.6) is 0 Å². The molecular weight excluding hydrogens is 536 g/mol. The molecule has 41 heavy (non-hydrogen) atoms. The minimum Gasteiger partial charge on any atom is -0.325 e. The van der Waals surface area contributed by atoms with Crippen molar-refractivity contribution in [1.82, 2.24) is 10.2 Å². The van der Waals surface area contributed by atoms with Gasteiger partial charge in [0.15, 0.2) is 0 Å². The summed E-state index contributed by atoms with van der Waals surface area (Å²) in [6.07, 6.45) is 2.63. The number of benzene rings is 3. The Bertz CT molecular complexity index is 1510. The maximum Gasteiger partial charge on any atom is 0.253 e. The fraction of sp³-hybridized carbons (Fsp3) is 0.312. The molecule has 0 bridgehead atoms. The lowest BCUT2D eigenvalue weighted by Crippen LogP contribution is -2.55. The summed E-state index contributed by atoms with van der Waals surface area (Å²) in [4.78, 5) is 58.5. The number of anilines is 2. The summed E-state index contributed by atoms with van der Waals surface area (Å²) in [5.74, 6) is -2.11. The van der Waals surface area contributed by atoms with Gasteiger partial charge in [-0.1, -0.05) is 66.2 Å². The number of imide groups is 1. The number of rotatable bonds is 8. The van der Waals surface area contributed by atoms with Crippen molar-refractivity contribution >= 4 is 46.8 Å². The molecule has 0 unspecified atom stereocenters. The van der Waals surface area contributed by atoms with Gasteiger partial charge in [0.2, 0.25) is 17.7 Å². The van der Waals surface area contributed by atoms with Crippen LogP contribution in [0.1, 0.15) is 23.1 Å². The smallest absolute Gasteiger partial charge is 0.253 e. The van der Waals surface area contributed by atoms with E-state index in [1.165, 1.54) is 9.80 Å². The highest BCUT2D eigenvalue weighted by molar-refractivity contribution is 7.98. The SMILES string of the molecule is CSCC[C@@H]1N[C@@]2(C(=O)N(CC(=O)Nc3ccc(C)cc3)c3ccccc32)[C@@H]2C(=O)N(Cc3ccccc3)C(=O)[C@H]12. The predicted molar refractivity (Wildman–Crippen MR) is 159 cm³/mol. The Morgan fingerprint density at radius 2 is 1.63 bits per heavy atom.